The first-order valence-electron chi connectivity index (χ1n) is 7.16. The fourth-order valence-corrected chi connectivity index (χ4v) is 2.47. The number of pyridine rings is 1. The Balaban J connectivity index is 2.09. The van der Waals surface area contributed by atoms with E-state index in [1.807, 2.05) is 0 Å². The van der Waals surface area contributed by atoms with E-state index in [9.17, 15) is 18.0 Å². The highest BCUT2D eigenvalue weighted by atomic mass is 19.4. The molecule has 0 radical (unpaired) electrons. The number of carboxylic acids is 1. The molecule has 1 N–H and O–H groups in total. The van der Waals surface area contributed by atoms with Crippen LogP contribution in [0.2, 0.25) is 0 Å². The lowest BCUT2D eigenvalue weighted by Crippen LogP contribution is -2.04. The van der Waals surface area contributed by atoms with Gasteiger partial charge in [-0.3, -0.25) is 4.98 Å². The highest BCUT2D eigenvalue weighted by Gasteiger charge is 2.30. The number of halogens is 3. The van der Waals surface area contributed by atoms with Gasteiger partial charge in [0.25, 0.3) is 0 Å². The van der Waals surface area contributed by atoms with Crippen molar-refractivity contribution in [1.29, 1.82) is 0 Å². The monoisotopic (exact) mass is 347 g/mol. The molecule has 25 heavy (non-hydrogen) atoms. The standard InChI is InChI=1S/C17H12F3N3O2/c1-23-9-22-14(13-8-11(16(24)25)6-7-21-13)15(23)10-2-4-12(5-3-10)17(18,19)20/h2-9H,1H3,(H,24,25). The molecule has 0 aliphatic rings. The van der Waals surface area contributed by atoms with E-state index in [2.05, 4.69) is 9.97 Å². The van der Waals surface area contributed by atoms with Crippen LogP contribution in [0.4, 0.5) is 13.2 Å². The van der Waals surface area contributed by atoms with E-state index in [0.29, 0.717) is 22.6 Å². The number of carboxylic acid groups (broad SMARTS) is 1. The summed E-state index contributed by atoms with van der Waals surface area (Å²) in [6.45, 7) is 0. The molecule has 0 unspecified atom stereocenters. The predicted molar refractivity (Wildman–Crippen MR) is 83.8 cm³/mol. The SMILES string of the molecule is Cn1cnc(-c2cc(C(=O)O)ccn2)c1-c1ccc(C(F)(F)F)cc1. The molecule has 5 nitrogen and oxygen atoms in total. The van der Waals surface area contributed by atoms with Gasteiger partial charge in [0.1, 0.15) is 5.69 Å². The van der Waals surface area contributed by atoms with Crippen LogP contribution in [-0.4, -0.2) is 25.6 Å². The molecule has 2 aromatic heterocycles. The summed E-state index contributed by atoms with van der Waals surface area (Å²) in [6.07, 6.45) is -1.56. The van der Waals surface area contributed by atoms with Crippen molar-refractivity contribution in [1.82, 2.24) is 14.5 Å². The van der Waals surface area contributed by atoms with E-state index in [4.69, 9.17) is 5.11 Å². The van der Waals surface area contributed by atoms with Crippen LogP contribution in [0.15, 0.2) is 48.9 Å². The van der Waals surface area contributed by atoms with Crippen LogP contribution < -0.4 is 0 Å². The lowest BCUT2D eigenvalue weighted by Gasteiger charge is -2.10. The van der Waals surface area contributed by atoms with E-state index >= 15 is 0 Å². The van der Waals surface area contributed by atoms with Gasteiger partial charge in [-0.15, -0.1) is 0 Å². The van der Waals surface area contributed by atoms with Crippen molar-refractivity contribution in [2.75, 3.05) is 0 Å². The van der Waals surface area contributed by atoms with Crippen molar-refractivity contribution in [3.05, 3.63) is 60.0 Å². The number of benzene rings is 1. The number of aryl methyl sites for hydroxylation is 1. The topological polar surface area (TPSA) is 68.0 Å². The van der Waals surface area contributed by atoms with Gasteiger partial charge in [0.05, 0.1) is 28.8 Å². The molecule has 0 bridgehead atoms. The first-order valence-corrected chi connectivity index (χ1v) is 7.16. The van der Waals surface area contributed by atoms with Gasteiger partial charge in [-0.1, -0.05) is 12.1 Å². The number of carbonyl (C=O) groups is 1. The maximum absolute atomic E-state index is 12.7. The first-order chi connectivity index (χ1) is 11.8. The summed E-state index contributed by atoms with van der Waals surface area (Å²) in [5, 5.41) is 9.09. The maximum Gasteiger partial charge on any atom is 0.416 e. The number of alkyl halides is 3. The minimum absolute atomic E-state index is 0.0500. The van der Waals surface area contributed by atoms with Gasteiger partial charge in [0.15, 0.2) is 0 Å². The van der Waals surface area contributed by atoms with Crippen molar-refractivity contribution >= 4 is 5.97 Å². The second-order valence-corrected chi connectivity index (χ2v) is 5.36. The average molecular weight is 347 g/mol. The van der Waals surface area contributed by atoms with Gasteiger partial charge < -0.3 is 9.67 Å². The third kappa shape index (κ3) is 3.23. The number of rotatable bonds is 3. The molecule has 0 spiro atoms. The molecule has 0 saturated heterocycles. The molecule has 3 rings (SSSR count). The van der Waals surface area contributed by atoms with E-state index in [0.717, 1.165) is 12.1 Å². The lowest BCUT2D eigenvalue weighted by molar-refractivity contribution is -0.137. The number of aromatic carboxylic acids is 1. The smallest absolute Gasteiger partial charge is 0.416 e. The van der Waals surface area contributed by atoms with Gasteiger partial charge in [-0.05, 0) is 24.3 Å². The number of hydrogen-bond acceptors (Lipinski definition) is 3. The Hall–Kier alpha value is -3.16. The Bertz CT molecular complexity index is 931. The molecular weight excluding hydrogens is 335 g/mol. The van der Waals surface area contributed by atoms with Crippen LogP contribution >= 0.6 is 0 Å². The van der Waals surface area contributed by atoms with Crippen molar-refractivity contribution in [2.24, 2.45) is 7.05 Å². The zero-order chi connectivity index (χ0) is 18.2. The van der Waals surface area contributed by atoms with E-state index in [-0.39, 0.29) is 5.56 Å². The van der Waals surface area contributed by atoms with Gasteiger partial charge >= 0.3 is 12.1 Å². The van der Waals surface area contributed by atoms with Crippen molar-refractivity contribution in [3.8, 4) is 22.6 Å². The van der Waals surface area contributed by atoms with Gasteiger partial charge in [-0.2, -0.15) is 13.2 Å². The molecule has 1 aromatic carbocycles. The Labute approximate surface area is 140 Å². The number of hydrogen-bond donors (Lipinski definition) is 1. The zero-order valence-electron chi connectivity index (χ0n) is 12.9. The van der Waals surface area contributed by atoms with E-state index < -0.39 is 17.7 Å². The molecule has 0 amide bonds. The van der Waals surface area contributed by atoms with Crippen molar-refractivity contribution in [2.45, 2.75) is 6.18 Å². The number of aromatic nitrogens is 3. The Morgan fingerprint density at radius 3 is 2.40 bits per heavy atom. The van der Waals surface area contributed by atoms with Crippen molar-refractivity contribution in [3.63, 3.8) is 0 Å². The third-order valence-electron chi connectivity index (χ3n) is 3.67. The summed E-state index contributed by atoms with van der Waals surface area (Å²) in [7, 11) is 1.70. The Morgan fingerprint density at radius 1 is 1.12 bits per heavy atom. The van der Waals surface area contributed by atoms with Crippen LogP contribution in [0.3, 0.4) is 0 Å². The van der Waals surface area contributed by atoms with Gasteiger partial charge in [0.2, 0.25) is 0 Å². The molecule has 128 valence electrons. The van der Waals surface area contributed by atoms with Gasteiger partial charge in [0, 0.05) is 18.8 Å². The average Bonchev–Trinajstić information content (AvgIpc) is 2.96. The molecule has 0 aliphatic heterocycles. The summed E-state index contributed by atoms with van der Waals surface area (Å²) in [5.74, 6) is -1.10. The number of imidazole rings is 1. The molecular formula is C17H12F3N3O2. The Morgan fingerprint density at radius 2 is 1.80 bits per heavy atom. The molecule has 2 heterocycles. The summed E-state index contributed by atoms with van der Waals surface area (Å²) in [6, 6.07) is 7.42. The molecule has 0 saturated carbocycles. The maximum atomic E-state index is 12.7. The molecule has 0 fully saturated rings. The van der Waals surface area contributed by atoms with Crippen LogP contribution in [0.25, 0.3) is 22.6 Å². The summed E-state index contributed by atoms with van der Waals surface area (Å²) in [4.78, 5) is 19.5. The fraction of sp³-hybridized carbons (Fsp3) is 0.118. The molecule has 0 aliphatic carbocycles. The predicted octanol–water partition coefficient (Wildman–Crippen LogP) is 3.87. The quantitative estimate of drug-likeness (QED) is 0.781. The first kappa shape index (κ1) is 16.7. The zero-order valence-corrected chi connectivity index (χ0v) is 12.9. The van der Waals surface area contributed by atoms with E-state index in [1.54, 1.807) is 11.6 Å². The Kier molecular flexibility index (Phi) is 4.03. The van der Waals surface area contributed by atoms with Gasteiger partial charge in [-0.25, -0.2) is 9.78 Å². The lowest BCUT2D eigenvalue weighted by atomic mass is 10.0. The fourth-order valence-electron chi connectivity index (χ4n) is 2.47. The second kappa shape index (κ2) is 6.04. The minimum Gasteiger partial charge on any atom is -0.478 e. The summed E-state index contributed by atoms with van der Waals surface area (Å²) >= 11 is 0. The minimum atomic E-state index is -4.41. The summed E-state index contributed by atoms with van der Waals surface area (Å²) < 4.78 is 39.8. The van der Waals surface area contributed by atoms with Crippen LogP contribution in [0.1, 0.15) is 15.9 Å². The van der Waals surface area contributed by atoms with Crippen LogP contribution in [0, 0.1) is 0 Å². The highest BCUT2D eigenvalue weighted by molar-refractivity contribution is 5.89. The van der Waals surface area contributed by atoms with Crippen LogP contribution in [-0.2, 0) is 13.2 Å². The van der Waals surface area contributed by atoms with E-state index in [1.165, 1.54) is 36.8 Å². The molecule has 0 atom stereocenters. The second-order valence-electron chi connectivity index (χ2n) is 5.36. The third-order valence-corrected chi connectivity index (χ3v) is 3.67. The summed E-state index contributed by atoms with van der Waals surface area (Å²) in [5.41, 5.74) is 1.09. The number of nitrogens with zero attached hydrogens (tertiary/aromatic N) is 3. The molecule has 3 aromatic rings. The van der Waals surface area contributed by atoms with Crippen molar-refractivity contribution < 1.29 is 23.1 Å². The van der Waals surface area contributed by atoms with Crippen LogP contribution in [0.5, 0.6) is 0 Å². The highest BCUT2D eigenvalue weighted by Crippen LogP contribution is 2.33. The molecule has 8 heteroatoms. The normalized spacial score (nSPS) is 11.5. The largest absolute Gasteiger partial charge is 0.478 e.